The van der Waals surface area contributed by atoms with E-state index in [1.807, 2.05) is 0 Å². The normalized spacial score (nSPS) is 15.4. The third-order valence-electron chi connectivity index (χ3n) is 6.74. The maximum absolute atomic E-state index is 14.3. The number of halogens is 9. The molecule has 202 valence electrons. The summed E-state index contributed by atoms with van der Waals surface area (Å²) in [6.07, 6.45) is -17.4. The molecule has 0 aliphatic heterocycles. The Hall–Kier alpha value is -2.19. The van der Waals surface area contributed by atoms with E-state index in [0.717, 1.165) is 24.3 Å². The van der Waals surface area contributed by atoms with Gasteiger partial charge < -0.3 is 0 Å². The average Bonchev–Trinajstić information content (AvgIpc) is 2.67. The number of hydrogen-bond acceptors (Lipinski definition) is 0. The molecule has 1 atom stereocenters. The van der Waals surface area contributed by atoms with E-state index in [0.29, 0.717) is 18.1 Å². The molecule has 0 aromatic heterocycles. The summed E-state index contributed by atoms with van der Waals surface area (Å²) >= 11 is 0. The molecule has 0 spiro atoms. The Bertz CT molecular complexity index is 939. The van der Waals surface area contributed by atoms with Crippen LogP contribution in [0, 0.1) is 11.8 Å². The van der Waals surface area contributed by atoms with Crippen LogP contribution < -0.4 is 0 Å². The molecular formula is C27H31F9. The van der Waals surface area contributed by atoms with Crippen molar-refractivity contribution in [1.82, 2.24) is 0 Å². The lowest BCUT2D eigenvalue weighted by Gasteiger charge is -2.47. The lowest BCUT2D eigenvalue weighted by atomic mass is 9.58. The topological polar surface area (TPSA) is 0 Å². The van der Waals surface area contributed by atoms with Gasteiger partial charge in [0.1, 0.15) is 0 Å². The van der Waals surface area contributed by atoms with Gasteiger partial charge in [0.15, 0.2) is 5.92 Å². The fraction of sp³-hybridized carbons (Fsp3) is 0.556. The van der Waals surface area contributed by atoms with Gasteiger partial charge in [0.25, 0.3) is 0 Å². The van der Waals surface area contributed by atoms with Crippen molar-refractivity contribution < 1.29 is 39.5 Å². The minimum atomic E-state index is -6.02. The highest BCUT2D eigenvalue weighted by molar-refractivity contribution is 5.46. The first-order chi connectivity index (χ1) is 15.9. The lowest BCUT2D eigenvalue weighted by Crippen LogP contribution is -2.58. The first-order valence-electron chi connectivity index (χ1n) is 11.4. The van der Waals surface area contributed by atoms with Gasteiger partial charge in [-0.25, -0.2) is 0 Å². The SMILES string of the molecule is CC(C(F)(F)F)C(c1ccc(C(C)(C)C)cc1)(c1ccc(C(C)(C)C)cc1)C(C(F)(F)F)C(F)(F)F. The second-order valence-electron chi connectivity index (χ2n) is 11.3. The lowest BCUT2D eigenvalue weighted by molar-refractivity contribution is -0.315. The summed E-state index contributed by atoms with van der Waals surface area (Å²) in [5, 5.41) is 0. The Morgan fingerprint density at radius 3 is 0.889 bits per heavy atom. The molecular weight excluding hydrogens is 495 g/mol. The van der Waals surface area contributed by atoms with E-state index in [1.54, 1.807) is 41.5 Å². The molecule has 0 bridgehead atoms. The van der Waals surface area contributed by atoms with Crippen molar-refractivity contribution >= 4 is 0 Å². The summed E-state index contributed by atoms with van der Waals surface area (Å²) in [4.78, 5) is 0. The van der Waals surface area contributed by atoms with Crippen molar-refractivity contribution in [1.29, 1.82) is 0 Å². The molecule has 2 aromatic carbocycles. The summed E-state index contributed by atoms with van der Waals surface area (Å²) in [6.45, 7) is 11.0. The zero-order valence-corrected chi connectivity index (χ0v) is 21.2. The van der Waals surface area contributed by atoms with Crippen molar-refractivity contribution in [3.05, 3.63) is 70.8 Å². The fourth-order valence-electron chi connectivity index (χ4n) is 4.70. The van der Waals surface area contributed by atoms with Crippen LogP contribution in [0.4, 0.5) is 39.5 Å². The van der Waals surface area contributed by atoms with Gasteiger partial charge in [0, 0.05) is 0 Å². The van der Waals surface area contributed by atoms with Crippen LogP contribution in [-0.4, -0.2) is 18.5 Å². The molecule has 0 saturated carbocycles. The molecule has 0 saturated heterocycles. The number of hydrogen-bond donors (Lipinski definition) is 0. The Balaban J connectivity index is 3.10. The summed E-state index contributed by atoms with van der Waals surface area (Å²) < 4.78 is 128. The van der Waals surface area contributed by atoms with E-state index < -0.39 is 57.7 Å². The maximum atomic E-state index is 14.3. The molecule has 0 nitrogen and oxygen atoms in total. The zero-order chi connectivity index (χ0) is 28.1. The molecule has 1 unspecified atom stereocenters. The molecule has 0 fully saturated rings. The Labute approximate surface area is 205 Å². The zero-order valence-electron chi connectivity index (χ0n) is 21.2. The number of rotatable bonds is 4. The van der Waals surface area contributed by atoms with Gasteiger partial charge in [-0.3, -0.25) is 0 Å². The van der Waals surface area contributed by atoms with Gasteiger partial charge in [0.2, 0.25) is 0 Å². The number of benzene rings is 2. The number of alkyl halides is 9. The van der Waals surface area contributed by atoms with E-state index in [2.05, 4.69) is 0 Å². The summed E-state index contributed by atoms with van der Waals surface area (Å²) in [5.74, 6) is -7.34. The quantitative estimate of drug-likeness (QED) is 0.348. The van der Waals surface area contributed by atoms with Crippen LogP contribution in [0.3, 0.4) is 0 Å². The van der Waals surface area contributed by atoms with Crippen molar-refractivity contribution in [2.75, 3.05) is 0 Å². The molecule has 0 aliphatic carbocycles. The Morgan fingerprint density at radius 1 is 0.444 bits per heavy atom. The second-order valence-corrected chi connectivity index (χ2v) is 11.3. The van der Waals surface area contributed by atoms with Gasteiger partial charge in [-0.1, -0.05) is 97.0 Å². The summed E-state index contributed by atoms with van der Waals surface area (Å²) in [7, 11) is 0. The standard InChI is InChI=1S/C27H31F9/c1-16(25(28,29)30)24(21(26(31,32)33)27(34,35)36,19-12-8-17(9-13-19)22(2,3)4)20-14-10-18(11-15-20)23(5,6)7/h8-16,21H,1-7H3. The largest absolute Gasteiger partial charge is 0.401 e. The average molecular weight is 527 g/mol. The third-order valence-corrected chi connectivity index (χ3v) is 6.74. The Morgan fingerprint density at radius 2 is 0.694 bits per heavy atom. The smallest absolute Gasteiger partial charge is 0.171 e. The van der Waals surface area contributed by atoms with Gasteiger partial charge in [-0.2, -0.15) is 39.5 Å². The monoisotopic (exact) mass is 526 g/mol. The van der Waals surface area contributed by atoms with E-state index in [4.69, 9.17) is 0 Å². The molecule has 0 radical (unpaired) electrons. The first-order valence-corrected chi connectivity index (χ1v) is 11.4. The molecule has 36 heavy (non-hydrogen) atoms. The fourth-order valence-corrected chi connectivity index (χ4v) is 4.70. The van der Waals surface area contributed by atoms with E-state index in [-0.39, 0.29) is 0 Å². The molecule has 2 rings (SSSR count). The summed E-state index contributed by atoms with van der Waals surface area (Å²) in [6, 6.07) is 9.02. The Kier molecular flexibility index (Phi) is 7.74. The van der Waals surface area contributed by atoms with Crippen molar-refractivity contribution in [3.63, 3.8) is 0 Å². The summed E-state index contributed by atoms with van der Waals surface area (Å²) in [5.41, 5.74) is -4.89. The van der Waals surface area contributed by atoms with Crippen LogP contribution in [0.5, 0.6) is 0 Å². The van der Waals surface area contributed by atoms with Crippen molar-refractivity contribution in [3.8, 4) is 0 Å². The molecule has 0 N–H and O–H groups in total. The van der Waals surface area contributed by atoms with Gasteiger partial charge in [-0.15, -0.1) is 0 Å². The van der Waals surface area contributed by atoms with Crippen LogP contribution in [0.1, 0.15) is 70.7 Å². The van der Waals surface area contributed by atoms with Crippen LogP contribution in [0.25, 0.3) is 0 Å². The van der Waals surface area contributed by atoms with Crippen LogP contribution in [0.15, 0.2) is 48.5 Å². The second kappa shape index (κ2) is 9.28. The van der Waals surface area contributed by atoms with Gasteiger partial charge in [0.05, 0.1) is 11.3 Å². The van der Waals surface area contributed by atoms with Crippen LogP contribution in [-0.2, 0) is 16.2 Å². The van der Waals surface area contributed by atoms with E-state index in [1.165, 1.54) is 24.3 Å². The highest BCUT2D eigenvalue weighted by Gasteiger charge is 2.71. The van der Waals surface area contributed by atoms with Crippen molar-refractivity contribution in [2.45, 2.75) is 83.2 Å². The van der Waals surface area contributed by atoms with Crippen LogP contribution >= 0.6 is 0 Å². The first kappa shape index (κ1) is 30.0. The minimum absolute atomic E-state index is 0.389. The van der Waals surface area contributed by atoms with Crippen LogP contribution in [0.2, 0.25) is 0 Å². The maximum Gasteiger partial charge on any atom is 0.401 e. The predicted molar refractivity (Wildman–Crippen MR) is 122 cm³/mol. The van der Waals surface area contributed by atoms with Gasteiger partial charge >= 0.3 is 18.5 Å². The molecule has 0 aliphatic rings. The van der Waals surface area contributed by atoms with E-state index in [9.17, 15) is 39.5 Å². The minimum Gasteiger partial charge on any atom is -0.171 e. The highest BCUT2D eigenvalue weighted by atomic mass is 19.4. The predicted octanol–water partition coefficient (Wildman–Crippen LogP) is 9.51. The molecule has 9 heteroatoms. The third kappa shape index (κ3) is 5.86. The molecule has 2 aromatic rings. The highest BCUT2D eigenvalue weighted by Crippen LogP contribution is 2.60. The van der Waals surface area contributed by atoms with Gasteiger partial charge in [-0.05, 0) is 33.1 Å². The van der Waals surface area contributed by atoms with E-state index >= 15 is 0 Å². The molecule has 0 heterocycles. The molecule has 0 amide bonds. The van der Waals surface area contributed by atoms with Crippen molar-refractivity contribution in [2.24, 2.45) is 11.8 Å².